The minimum absolute atomic E-state index is 0.0446. The van der Waals surface area contributed by atoms with Crippen molar-refractivity contribution >= 4 is 15.9 Å². The molecule has 0 aliphatic heterocycles. The standard InChI is InChI=1S/C15H16BrFO3/c1-18-13-6-9(7-14(19-2)15(13)20-3)11-5-4-10(17)8-12(11)16/h4,6-8,11H,5H2,1-3H3. The van der Waals surface area contributed by atoms with E-state index in [2.05, 4.69) is 15.9 Å². The number of ether oxygens (including phenoxy) is 3. The fourth-order valence-corrected chi connectivity index (χ4v) is 2.90. The Labute approximate surface area is 126 Å². The van der Waals surface area contributed by atoms with E-state index in [0.717, 1.165) is 10.0 Å². The number of benzene rings is 1. The molecular weight excluding hydrogens is 327 g/mol. The summed E-state index contributed by atoms with van der Waals surface area (Å²) in [5.41, 5.74) is 0.978. The van der Waals surface area contributed by atoms with Crippen molar-refractivity contribution in [3.63, 3.8) is 0 Å². The molecule has 3 nitrogen and oxygen atoms in total. The molecular formula is C15H16BrFO3. The predicted molar refractivity (Wildman–Crippen MR) is 79.7 cm³/mol. The lowest BCUT2D eigenvalue weighted by molar-refractivity contribution is 0.323. The van der Waals surface area contributed by atoms with E-state index in [1.54, 1.807) is 27.4 Å². The highest BCUT2D eigenvalue weighted by Gasteiger charge is 2.22. The second-order valence-corrected chi connectivity index (χ2v) is 5.28. The molecule has 0 radical (unpaired) electrons. The Morgan fingerprint density at radius 3 is 2.15 bits per heavy atom. The molecule has 0 N–H and O–H groups in total. The molecule has 0 amide bonds. The average Bonchev–Trinajstić information content (AvgIpc) is 2.45. The molecule has 20 heavy (non-hydrogen) atoms. The lowest BCUT2D eigenvalue weighted by Gasteiger charge is -2.21. The topological polar surface area (TPSA) is 27.7 Å². The van der Waals surface area contributed by atoms with Crippen LogP contribution in [0.4, 0.5) is 4.39 Å². The first-order valence-electron chi connectivity index (χ1n) is 6.13. The fraction of sp³-hybridized carbons (Fsp3) is 0.333. The van der Waals surface area contributed by atoms with E-state index >= 15 is 0 Å². The number of allylic oxidation sites excluding steroid dienone is 4. The Morgan fingerprint density at radius 1 is 1.10 bits per heavy atom. The number of methoxy groups -OCH3 is 3. The van der Waals surface area contributed by atoms with Gasteiger partial charge in [-0.25, -0.2) is 4.39 Å². The summed E-state index contributed by atoms with van der Waals surface area (Å²) < 4.78 is 30.0. The Balaban J connectivity index is 2.46. The van der Waals surface area contributed by atoms with Crippen molar-refractivity contribution < 1.29 is 18.6 Å². The molecule has 0 heterocycles. The van der Waals surface area contributed by atoms with Crippen molar-refractivity contribution in [1.29, 1.82) is 0 Å². The largest absolute Gasteiger partial charge is 0.493 e. The summed E-state index contributed by atoms with van der Waals surface area (Å²) in [6.07, 6.45) is 3.64. The Morgan fingerprint density at radius 2 is 1.70 bits per heavy atom. The zero-order chi connectivity index (χ0) is 14.7. The number of halogens is 2. The molecule has 1 aliphatic rings. The van der Waals surface area contributed by atoms with Crippen LogP contribution in [-0.2, 0) is 0 Å². The molecule has 108 valence electrons. The summed E-state index contributed by atoms with van der Waals surface area (Å²) in [4.78, 5) is 0. The summed E-state index contributed by atoms with van der Waals surface area (Å²) in [7, 11) is 4.72. The van der Waals surface area contributed by atoms with Crippen LogP contribution in [-0.4, -0.2) is 21.3 Å². The van der Waals surface area contributed by atoms with Gasteiger partial charge in [-0.2, -0.15) is 0 Å². The van der Waals surface area contributed by atoms with Crippen LogP contribution >= 0.6 is 15.9 Å². The molecule has 0 bridgehead atoms. The molecule has 0 fully saturated rings. The third-order valence-corrected chi connectivity index (χ3v) is 4.03. The van der Waals surface area contributed by atoms with Crippen LogP contribution in [0, 0.1) is 0 Å². The van der Waals surface area contributed by atoms with Gasteiger partial charge in [-0.15, -0.1) is 0 Å². The van der Waals surface area contributed by atoms with E-state index in [9.17, 15) is 4.39 Å². The molecule has 1 aliphatic carbocycles. The Bertz CT molecular complexity index is 541. The fourth-order valence-electron chi connectivity index (χ4n) is 2.23. The van der Waals surface area contributed by atoms with E-state index in [1.165, 1.54) is 6.08 Å². The van der Waals surface area contributed by atoms with Crippen LogP contribution in [0.5, 0.6) is 17.2 Å². The summed E-state index contributed by atoms with van der Waals surface area (Å²) in [5, 5.41) is 0. The molecule has 0 spiro atoms. The van der Waals surface area contributed by atoms with Crippen LogP contribution < -0.4 is 14.2 Å². The third kappa shape index (κ3) is 2.82. The second kappa shape index (κ2) is 6.31. The minimum atomic E-state index is -0.222. The van der Waals surface area contributed by atoms with Crippen molar-refractivity contribution in [2.24, 2.45) is 0 Å². The smallest absolute Gasteiger partial charge is 0.203 e. The van der Waals surface area contributed by atoms with Crippen LogP contribution in [0.25, 0.3) is 0 Å². The van der Waals surface area contributed by atoms with E-state index in [4.69, 9.17) is 14.2 Å². The van der Waals surface area contributed by atoms with Gasteiger partial charge in [0.1, 0.15) is 5.83 Å². The van der Waals surface area contributed by atoms with Gasteiger partial charge in [0.25, 0.3) is 0 Å². The number of hydrogen-bond donors (Lipinski definition) is 0. The van der Waals surface area contributed by atoms with Crippen molar-refractivity contribution in [2.75, 3.05) is 21.3 Å². The maximum absolute atomic E-state index is 13.2. The van der Waals surface area contributed by atoms with E-state index < -0.39 is 0 Å². The summed E-state index contributed by atoms with van der Waals surface area (Å²) in [6.45, 7) is 0. The molecule has 5 heteroatoms. The predicted octanol–water partition coefficient (Wildman–Crippen LogP) is 4.33. The van der Waals surface area contributed by atoms with Crippen molar-refractivity contribution in [3.05, 3.63) is 40.2 Å². The van der Waals surface area contributed by atoms with Gasteiger partial charge in [0.15, 0.2) is 11.5 Å². The van der Waals surface area contributed by atoms with Gasteiger partial charge in [-0.05, 0) is 36.3 Å². The van der Waals surface area contributed by atoms with E-state index in [0.29, 0.717) is 23.7 Å². The van der Waals surface area contributed by atoms with Crippen LogP contribution in [0.1, 0.15) is 17.9 Å². The maximum atomic E-state index is 13.2. The number of hydrogen-bond acceptors (Lipinski definition) is 3. The quantitative estimate of drug-likeness (QED) is 0.814. The van der Waals surface area contributed by atoms with Crippen LogP contribution in [0.3, 0.4) is 0 Å². The van der Waals surface area contributed by atoms with Crippen molar-refractivity contribution in [2.45, 2.75) is 12.3 Å². The zero-order valence-electron chi connectivity index (χ0n) is 11.6. The molecule has 1 atom stereocenters. The molecule has 0 saturated carbocycles. The maximum Gasteiger partial charge on any atom is 0.203 e. The van der Waals surface area contributed by atoms with Gasteiger partial charge in [0, 0.05) is 10.4 Å². The lowest BCUT2D eigenvalue weighted by atomic mass is 9.91. The number of rotatable bonds is 4. The molecule has 1 aromatic carbocycles. The first kappa shape index (κ1) is 14.9. The van der Waals surface area contributed by atoms with Crippen LogP contribution in [0.15, 0.2) is 34.6 Å². The summed E-state index contributed by atoms with van der Waals surface area (Å²) in [6, 6.07) is 3.77. The molecule has 0 aromatic heterocycles. The molecule has 1 unspecified atom stereocenters. The van der Waals surface area contributed by atoms with Crippen LogP contribution in [0.2, 0.25) is 0 Å². The van der Waals surface area contributed by atoms with Gasteiger partial charge < -0.3 is 14.2 Å². The minimum Gasteiger partial charge on any atom is -0.493 e. The summed E-state index contributed by atoms with van der Waals surface area (Å²) >= 11 is 3.43. The zero-order valence-corrected chi connectivity index (χ0v) is 13.2. The summed E-state index contributed by atoms with van der Waals surface area (Å²) in [5.74, 6) is 1.56. The second-order valence-electron chi connectivity index (χ2n) is 4.37. The third-order valence-electron chi connectivity index (χ3n) is 3.25. The van der Waals surface area contributed by atoms with Gasteiger partial charge in [-0.1, -0.05) is 15.9 Å². The Hall–Kier alpha value is -1.49. The Kier molecular flexibility index (Phi) is 4.70. The first-order valence-corrected chi connectivity index (χ1v) is 6.92. The molecule has 0 saturated heterocycles. The van der Waals surface area contributed by atoms with E-state index in [-0.39, 0.29) is 11.7 Å². The van der Waals surface area contributed by atoms with Gasteiger partial charge in [-0.3, -0.25) is 0 Å². The highest BCUT2D eigenvalue weighted by molar-refractivity contribution is 9.11. The monoisotopic (exact) mass is 342 g/mol. The van der Waals surface area contributed by atoms with Crippen molar-refractivity contribution in [1.82, 2.24) is 0 Å². The lowest BCUT2D eigenvalue weighted by Crippen LogP contribution is -2.04. The SMILES string of the molecule is COc1cc(C2CC=C(F)C=C2Br)cc(OC)c1OC. The average molecular weight is 343 g/mol. The van der Waals surface area contributed by atoms with Crippen molar-refractivity contribution in [3.8, 4) is 17.2 Å². The molecule has 2 rings (SSSR count). The highest BCUT2D eigenvalue weighted by Crippen LogP contribution is 2.44. The highest BCUT2D eigenvalue weighted by atomic mass is 79.9. The first-order chi connectivity index (χ1) is 9.60. The normalized spacial score (nSPS) is 18.1. The van der Waals surface area contributed by atoms with Gasteiger partial charge >= 0.3 is 0 Å². The molecule has 1 aromatic rings. The van der Waals surface area contributed by atoms with Gasteiger partial charge in [0.05, 0.1) is 21.3 Å². The van der Waals surface area contributed by atoms with Gasteiger partial charge in [0.2, 0.25) is 5.75 Å². The van der Waals surface area contributed by atoms with E-state index in [1.807, 2.05) is 12.1 Å².